The van der Waals surface area contributed by atoms with Gasteiger partial charge in [-0.05, 0) is 29.8 Å². The molecule has 0 aliphatic heterocycles. The molecule has 3 rings (SSSR count). The van der Waals surface area contributed by atoms with E-state index in [9.17, 15) is 4.79 Å². The van der Waals surface area contributed by atoms with E-state index < -0.39 is 0 Å². The van der Waals surface area contributed by atoms with Gasteiger partial charge in [0.2, 0.25) is 0 Å². The van der Waals surface area contributed by atoms with Gasteiger partial charge in [-0.2, -0.15) is 5.10 Å². The predicted molar refractivity (Wildman–Crippen MR) is 66.8 cm³/mol. The first-order valence-electron chi connectivity index (χ1n) is 5.35. The molecule has 0 saturated heterocycles. The van der Waals surface area contributed by atoms with Crippen LogP contribution in [0.1, 0.15) is 0 Å². The molecule has 1 aromatic carbocycles. The van der Waals surface area contributed by atoms with E-state index in [4.69, 9.17) is 0 Å². The van der Waals surface area contributed by atoms with Gasteiger partial charge in [-0.3, -0.25) is 9.48 Å². The van der Waals surface area contributed by atoms with Crippen LogP contribution in [0.4, 0.5) is 0 Å². The third-order valence-corrected chi connectivity index (χ3v) is 2.88. The molecular formula is C13H11N3O. The lowest BCUT2D eigenvalue weighted by atomic mass is 10.1. The summed E-state index contributed by atoms with van der Waals surface area (Å²) in [5.74, 6) is 0. The number of hydrogen-bond acceptors (Lipinski definition) is 2. The van der Waals surface area contributed by atoms with Crippen LogP contribution >= 0.6 is 0 Å². The van der Waals surface area contributed by atoms with Crippen LogP contribution in [0.25, 0.3) is 22.0 Å². The van der Waals surface area contributed by atoms with Gasteiger partial charge in [0.25, 0.3) is 5.56 Å². The maximum absolute atomic E-state index is 11.7. The van der Waals surface area contributed by atoms with Crippen molar-refractivity contribution in [3.63, 3.8) is 0 Å². The third-order valence-electron chi connectivity index (χ3n) is 2.88. The number of nitrogens with zero attached hydrogens (tertiary/aromatic N) is 2. The Morgan fingerprint density at radius 2 is 2.18 bits per heavy atom. The molecule has 0 atom stereocenters. The molecule has 0 fully saturated rings. The van der Waals surface area contributed by atoms with E-state index >= 15 is 0 Å². The molecule has 4 nitrogen and oxygen atoms in total. The first kappa shape index (κ1) is 9.84. The molecule has 0 unspecified atom stereocenters. The zero-order valence-corrected chi connectivity index (χ0v) is 9.34. The zero-order valence-electron chi connectivity index (χ0n) is 9.34. The summed E-state index contributed by atoms with van der Waals surface area (Å²) in [4.78, 5) is 14.4. The summed E-state index contributed by atoms with van der Waals surface area (Å²) in [6.07, 6.45) is 3.43. The number of benzene rings is 1. The van der Waals surface area contributed by atoms with Gasteiger partial charge >= 0.3 is 0 Å². The van der Waals surface area contributed by atoms with Gasteiger partial charge in [0.05, 0.1) is 11.7 Å². The summed E-state index contributed by atoms with van der Waals surface area (Å²) in [6.45, 7) is 0. The van der Waals surface area contributed by atoms with Crippen molar-refractivity contribution >= 4 is 10.9 Å². The Balaban J connectivity index is 2.25. The van der Waals surface area contributed by atoms with Crippen LogP contribution in [0.2, 0.25) is 0 Å². The zero-order chi connectivity index (χ0) is 11.8. The fourth-order valence-corrected chi connectivity index (χ4v) is 1.98. The van der Waals surface area contributed by atoms with Gasteiger partial charge in [-0.15, -0.1) is 0 Å². The van der Waals surface area contributed by atoms with Gasteiger partial charge in [0, 0.05) is 24.2 Å². The van der Waals surface area contributed by atoms with Crippen molar-refractivity contribution in [3.05, 3.63) is 53.1 Å². The lowest BCUT2D eigenvalue weighted by Gasteiger charge is -2.00. The first-order valence-corrected chi connectivity index (χ1v) is 5.35. The van der Waals surface area contributed by atoms with E-state index in [-0.39, 0.29) is 5.56 Å². The molecule has 2 heterocycles. The Bertz CT molecular complexity index is 740. The van der Waals surface area contributed by atoms with Crippen LogP contribution in [0.3, 0.4) is 0 Å². The average molecular weight is 225 g/mol. The topological polar surface area (TPSA) is 50.7 Å². The molecule has 84 valence electrons. The minimum Gasteiger partial charge on any atom is -0.329 e. The number of aromatic nitrogens is 3. The molecular weight excluding hydrogens is 214 g/mol. The molecule has 0 aliphatic carbocycles. The lowest BCUT2D eigenvalue weighted by Crippen LogP contribution is -2.06. The number of aryl methyl sites for hydroxylation is 1. The highest BCUT2D eigenvalue weighted by Crippen LogP contribution is 2.21. The number of nitrogens with one attached hydrogen (secondary N) is 1. The summed E-state index contributed by atoms with van der Waals surface area (Å²) < 4.78 is 1.81. The van der Waals surface area contributed by atoms with Crippen LogP contribution in [0, 0.1) is 0 Å². The van der Waals surface area contributed by atoms with Gasteiger partial charge < -0.3 is 4.98 Å². The van der Waals surface area contributed by atoms with Crippen molar-refractivity contribution in [2.45, 2.75) is 0 Å². The molecule has 0 radical (unpaired) electrons. The number of fused-ring (bicyclic) bond motifs is 1. The molecule has 4 heteroatoms. The molecule has 0 amide bonds. The van der Waals surface area contributed by atoms with E-state index in [2.05, 4.69) is 10.1 Å². The van der Waals surface area contributed by atoms with Crippen molar-refractivity contribution < 1.29 is 0 Å². The maximum atomic E-state index is 11.7. The van der Waals surface area contributed by atoms with Crippen LogP contribution in [0.5, 0.6) is 0 Å². The molecule has 0 bridgehead atoms. The van der Waals surface area contributed by atoms with Crippen LogP contribution in [-0.4, -0.2) is 14.8 Å². The van der Waals surface area contributed by atoms with Crippen molar-refractivity contribution in [1.29, 1.82) is 0 Å². The number of H-pyrrole nitrogens is 1. The highest BCUT2D eigenvalue weighted by atomic mass is 16.1. The number of pyridine rings is 1. The molecule has 0 aliphatic rings. The summed E-state index contributed by atoms with van der Waals surface area (Å²) in [6, 6.07) is 9.53. The molecule has 0 spiro atoms. The van der Waals surface area contributed by atoms with E-state index in [0.29, 0.717) is 5.56 Å². The lowest BCUT2D eigenvalue weighted by molar-refractivity contribution is 0.797. The summed E-state index contributed by atoms with van der Waals surface area (Å²) in [5.41, 5.74) is 2.57. The Morgan fingerprint density at radius 1 is 1.29 bits per heavy atom. The Labute approximate surface area is 97.5 Å². The van der Waals surface area contributed by atoms with Crippen LogP contribution < -0.4 is 5.56 Å². The van der Waals surface area contributed by atoms with E-state index in [0.717, 1.165) is 16.5 Å². The fourth-order valence-electron chi connectivity index (χ4n) is 1.98. The number of hydrogen-bond donors (Lipinski definition) is 1. The first-order chi connectivity index (χ1) is 8.25. The normalized spacial score (nSPS) is 10.9. The molecule has 0 saturated carbocycles. The molecule has 3 aromatic rings. The van der Waals surface area contributed by atoms with Crippen LogP contribution in [-0.2, 0) is 7.05 Å². The smallest absolute Gasteiger partial charge is 0.255 e. The highest BCUT2D eigenvalue weighted by Gasteiger charge is 2.05. The average Bonchev–Trinajstić information content (AvgIpc) is 2.71. The monoisotopic (exact) mass is 225 g/mol. The van der Waals surface area contributed by atoms with Crippen molar-refractivity contribution in [2.24, 2.45) is 7.05 Å². The predicted octanol–water partition coefficient (Wildman–Crippen LogP) is 1.93. The van der Waals surface area contributed by atoms with E-state index in [1.165, 1.54) is 0 Å². The van der Waals surface area contributed by atoms with Gasteiger partial charge in [-0.1, -0.05) is 6.07 Å². The summed E-state index contributed by atoms with van der Waals surface area (Å²) in [5, 5.41) is 5.22. The third kappa shape index (κ3) is 1.54. The van der Waals surface area contributed by atoms with E-state index in [1.807, 2.05) is 42.1 Å². The summed E-state index contributed by atoms with van der Waals surface area (Å²) >= 11 is 0. The Hall–Kier alpha value is -2.36. The number of aromatic amines is 1. The fraction of sp³-hybridized carbons (Fsp3) is 0.0769. The Kier molecular flexibility index (Phi) is 2.08. The molecule has 2 aromatic heterocycles. The number of rotatable bonds is 1. The van der Waals surface area contributed by atoms with Gasteiger partial charge in [0.1, 0.15) is 0 Å². The minimum absolute atomic E-state index is 0.0734. The quantitative estimate of drug-likeness (QED) is 0.688. The standard InChI is InChI=1S/C13H11N3O/c1-16-12-5-4-9(7-10(12)8-15-16)11-3-2-6-14-13(11)17/h2-8H,1H3,(H,14,17). The van der Waals surface area contributed by atoms with Crippen molar-refractivity contribution in [3.8, 4) is 11.1 Å². The van der Waals surface area contributed by atoms with Crippen LogP contribution in [0.15, 0.2) is 47.5 Å². The second-order valence-corrected chi connectivity index (χ2v) is 3.95. The second kappa shape index (κ2) is 3.59. The molecule has 1 N–H and O–H groups in total. The van der Waals surface area contributed by atoms with Gasteiger partial charge in [-0.25, -0.2) is 0 Å². The molecule has 17 heavy (non-hydrogen) atoms. The van der Waals surface area contributed by atoms with E-state index in [1.54, 1.807) is 12.4 Å². The SMILES string of the molecule is Cn1ncc2cc(-c3ccc[nH]c3=O)ccc21. The van der Waals surface area contributed by atoms with Gasteiger partial charge in [0.15, 0.2) is 0 Å². The Morgan fingerprint density at radius 3 is 3.00 bits per heavy atom. The van der Waals surface area contributed by atoms with Crippen molar-refractivity contribution in [1.82, 2.24) is 14.8 Å². The highest BCUT2D eigenvalue weighted by molar-refractivity contribution is 5.84. The summed E-state index contributed by atoms with van der Waals surface area (Å²) in [7, 11) is 1.90. The second-order valence-electron chi connectivity index (χ2n) is 3.95. The van der Waals surface area contributed by atoms with Crippen molar-refractivity contribution in [2.75, 3.05) is 0 Å². The minimum atomic E-state index is -0.0734. The largest absolute Gasteiger partial charge is 0.329 e. The maximum Gasteiger partial charge on any atom is 0.255 e.